The Labute approximate surface area is 87.6 Å². The number of nitro groups is 1. The average molecular weight is 207 g/mol. The van der Waals surface area contributed by atoms with Crippen molar-refractivity contribution >= 4 is 17.1 Å². The highest BCUT2D eigenvalue weighted by Gasteiger charge is 2.21. The van der Waals surface area contributed by atoms with Crippen molar-refractivity contribution in [1.29, 1.82) is 0 Å². The highest BCUT2D eigenvalue weighted by Crippen LogP contribution is 2.32. The first-order valence-electron chi connectivity index (χ1n) is 4.97. The van der Waals surface area contributed by atoms with Gasteiger partial charge in [0.25, 0.3) is 5.69 Å². The second kappa shape index (κ2) is 3.76. The van der Waals surface area contributed by atoms with Crippen LogP contribution in [0, 0.1) is 10.1 Å². The molecule has 2 rings (SSSR count). The van der Waals surface area contributed by atoms with E-state index >= 15 is 0 Å². The molecule has 5 nitrogen and oxygen atoms in total. The minimum absolute atomic E-state index is 0.145. The molecule has 5 heteroatoms. The summed E-state index contributed by atoms with van der Waals surface area (Å²) < 4.78 is 0. The van der Waals surface area contributed by atoms with Gasteiger partial charge in [-0.1, -0.05) is 0 Å². The molecule has 1 saturated heterocycles. The van der Waals surface area contributed by atoms with Gasteiger partial charge in [0.1, 0.15) is 5.69 Å². The summed E-state index contributed by atoms with van der Waals surface area (Å²) in [6.07, 6.45) is 2.18. The summed E-state index contributed by atoms with van der Waals surface area (Å²) >= 11 is 0. The maximum atomic E-state index is 10.8. The van der Waals surface area contributed by atoms with Crippen LogP contribution in [-0.2, 0) is 0 Å². The summed E-state index contributed by atoms with van der Waals surface area (Å²) in [5.74, 6) is 0. The fourth-order valence-electron chi connectivity index (χ4n) is 1.91. The fraction of sp³-hybridized carbons (Fsp3) is 0.400. The van der Waals surface area contributed by atoms with Crippen molar-refractivity contribution in [1.82, 2.24) is 0 Å². The van der Waals surface area contributed by atoms with E-state index in [1.165, 1.54) is 6.07 Å². The van der Waals surface area contributed by atoms with Crippen molar-refractivity contribution in [2.75, 3.05) is 23.7 Å². The molecule has 0 atom stereocenters. The van der Waals surface area contributed by atoms with E-state index in [0.717, 1.165) is 25.9 Å². The monoisotopic (exact) mass is 207 g/mol. The van der Waals surface area contributed by atoms with Gasteiger partial charge in [-0.3, -0.25) is 10.1 Å². The van der Waals surface area contributed by atoms with Crippen molar-refractivity contribution in [2.24, 2.45) is 0 Å². The Morgan fingerprint density at radius 2 is 2.00 bits per heavy atom. The van der Waals surface area contributed by atoms with E-state index < -0.39 is 0 Å². The van der Waals surface area contributed by atoms with Crippen molar-refractivity contribution < 1.29 is 4.92 Å². The van der Waals surface area contributed by atoms with E-state index in [1.807, 2.05) is 4.90 Å². The predicted octanol–water partition coefficient (Wildman–Crippen LogP) is 1.78. The number of hydrogen-bond donors (Lipinski definition) is 1. The lowest BCUT2D eigenvalue weighted by Crippen LogP contribution is -2.19. The van der Waals surface area contributed by atoms with Gasteiger partial charge in [-0.2, -0.15) is 0 Å². The van der Waals surface area contributed by atoms with Crippen molar-refractivity contribution in [3.63, 3.8) is 0 Å². The van der Waals surface area contributed by atoms with Crippen LogP contribution < -0.4 is 10.6 Å². The summed E-state index contributed by atoms with van der Waals surface area (Å²) in [6.45, 7) is 1.76. The van der Waals surface area contributed by atoms with Crippen LogP contribution in [0.5, 0.6) is 0 Å². The van der Waals surface area contributed by atoms with Crippen LogP contribution in [0.1, 0.15) is 12.8 Å². The highest BCUT2D eigenvalue weighted by molar-refractivity contribution is 5.69. The Morgan fingerprint density at radius 3 is 2.60 bits per heavy atom. The molecule has 1 fully saturated rings. The van der Waals surface area contributed by atoms with Crippen LogP contribution in [0.4, 0.5) is 17.1 Å². The van der Waals surface area contributed by atoms with Gasteiger partial charge < -0.3 is 10.6 Å². The molecular weight excluding hydrogens is 194 g/mol. The lowest BCUT2D eigenvalue weighted by atomic mass is 10.2. The number of nitrogens with zero attached hydrogens (tertiary/aromatic N) is 2. The number of anilines is 2. The minimum Gasteiger partial charge on any atom is -0.399 e. The molecule has 1 heterocycles. The highest BCUT2D eigenvalue weighted by atomic mass is 16.6. The second-order valence-electron chi connectivity index (χ2n) is 3.70. The fourth-order valence-corrected chi connectivity index (χ4v) is 1.91. The number of rotatable bonds is 2. The third kappa shape index (κ3) is 1.86. The van der Waals surface area contributed by atoms with Gasteiger partial charge in [-0.15, -0.1) is 0 Å². The summed E-state index contributed by atoms with van der Waals surface area (Å²) in [7, 11) is 0. The molecule has 0 unspecified atom stereocenters. The molecule has 0 bridgehead atoms. The standard InChI is InChI=1S/C10H13N3O2/c11-8-3-4-9(13(14)15)10(7-8)12-5-1-2-6-12/h3-4,7H,1-2,5-6,11H2. The molecule has 0 aromatic heterocycles. The number of hydrogen-bond acceptors (Lipinski definition) is 4. The Bertz CT molecular complexity index is 386. The molecule has 1 aromatic carbocycles. The summed E-state index contributed by atoms with van der Waals surface area (Å²) in [5.41, 5.74) is 7.01. The zero-order valence-corrected chi connectivity index (χ0v) is 8.35. The first-order chi connectivity index (χ1) is 7.18. The van der Waals surface area contributed by atoms with Crippen LogP contribution in [0.2, 0.25) is 0 Å². The minimum atomic E-state index is -0.354. The van der Waals surface area contributed by atoms with Crippen LogP contribution in [0.15, 0.2) is 18.2 Å². The molecule has 80 valence electrons. The normalized spacial score (nSPS) is 15.6. The molecule has 0 saturated carbocycles. The van der Waals surface area contributed by atoms with Crippen LogP contribution in [0.25, 0.3) is 0 Å². The molecule has 1 aromatic rings. The molecule has 0 spiro atoms. The number of nitrogen functional groups attached to an aromatic ring is 1. The Kier molecular flexibility index (Phi) is 2.45. The zero-order valence-electron chi connectivity index (χ0n) is 8.35. The van der Waals surface area contributed by atoms with Gasteiger partial charge >= 0.3 is 0 Å². The topological polar surface area (TPSA) is 72.4 Å². The maximum absolute atomic E-state index is 10.8. The first kappa shape index (κ1) is 9.76. The Balaban J connectivity index is 2.41. The maximum Gasteiger partial charge on any atom is 0.292 e. The van der Waals surface area contributed by atoms with E-state index in [9.17, 15) is 10.1 Å². The second-order valence-corrected chi connectivity index (χ2v) is 3.70. The van der Waals surface area contributed by atoms with E-state index in [4.69, 9.17) is 5.73 Å². The lowest BCUT2D eigenvalue weighted by Gasteiger charge is -2.17. The average Bonchev–Trinajstić information content (AvgIpc) is 2.69. The van der Waals surface area contributed by atoms with Gasteiger partial charge in [-0.05, 0) is 25.0 Å². The van der Waals surface area contributed by atoms with Crippen molar-refractivity contribution in [3.05, 3.63) is 28.3 Å². The van der Waals surface area contributed by atoms with E-state index in [1.54, 1.807) is 12.1 Å². The SMILES string of the molecule is Nc1ccc([N+](=O)[O-])c(N2CCCC2)c1. The van der Waals surface area contributed by atoms with Gasteiger partial charge in [0.2, 0.25) is 0 Å². The van der Waals surface area contributed by atoms with E-state index in [2.05, 4.69) is 0 Å². The molecule has 1 aliphatic heterocycles. The van der Waals surface area contributed by atoms with Crippen LogP contribution in [-0.4, -0.2) is 18.0 Å². The summed E-state index contributed by atoms with van der Waals surface area (Å²) in [5, 5.41) is 10.8. The van der Waals surface area contributed by atoms with E-state index in [0.29, 0.717) is 11.4 Å². The number of benzene rings is 1. The Hall–Kier alpha value is -1.78. The Morgan fingerprint density at radius 1 is 1.33 bits per heavy atom. The van der Waals surface area contributed by atoms with Gasteiger partial charge in [0.15, 0.2) is 0 Å². The third-order valence-electron chi connectivity index (χ3n) is 2.64. The zero-order chi connectivity index (χ0) is 10.8. The van der Waals surface area contributed by atoms with Gasteiger partial charge in [0.05, 0.1) is 4.92 Å². The van der Waals surface area contributed by atoms with Crippen molar-refractivity contribution in [3.8, 4) is 0 Å². The first-order valence-corrected chi connectivity index (χ1v) is 4.97. The van der Waals surface area contributed by atoms with Crippen LogP contribution >= 0.6 is 0 Å². The van der Waals surface area contributed by atoms with Gasteiger partial charge in [-0.25, -0.2) is 0 Å². The molecular formula is C10H13N3O2. The molecule has 0 amide bonds. The molecule has 0 aliphatic carbocycles. The number of nitro benzene ring substituents is 1. The van der Waals surface area contributed by atoms with Crippen molar-refractivity contribution in [2.45, 2.75) is 12.8 Å². The lowest BCUT2D eigenvalue weighted by molar-refractivity contribution is -0.384. The largest absolute Gasteiger partial charge is 0.399 e. The third-order valence-corrected chi connectivity index (χ3v) is 2.64. The predicted molar refractivity (Wildman–Crippen MR) is 59.0 cm³/mol. The number of nitrogens with two attached hydrogens (primary N) is 1. The molecule has 0 radical (unpaired) electrons. The molecule has 15 heavy (non-hydrogen) atoms. The van der Waals surface area contributed by atoms with Gasteiger partial charge in [0, 0.05) is 24.8 Å². The quantitative estimate of drug-likeness (QED) is 0.455. The molecule has 2 N–H and O–H groups in total. The summed E-state index contributed by atoms with van der Waals surface area (Å²) in [4.78, 5) is 12.5. The van der Waals surface area contributed by atoms with Crippen LogP contribution in [0.3, 0.4) is 0 Å². The molecule has 1 aliphatic rings. The smallest absolute Gasteiger partial charge is 0.292 e. The van der Waals surface area contributed by atoms with E-state index in [-0.39, 0.29) is 10.6 Å². The summed E-state index contributed by atoms with van der Waals surface area (Å²) in [6, 6.07) is 4.73.